The van der Waals surface area contributed by atoms with Crippen LogP contribution in [-0.4, -0.2) is 25.3 Å². The Bertz CT molecular complexity index is 527. The topological polar surface area (TPSA) is 107 Å². The number of aryl methyl sites for hydroxylation is 1. The van der Waals surface area contributed by atoms with Crippen LogP contribution in [-0.2, 0) is 13.6 Å². The van der Waals surface area contributed by atoms with Crippen LogP contribution in [0.1, 0.15) is 6.92 Å². The molecule has 1 aromatic heterocycles. The summed E-state index contributed by atoms with van der Waals surface area (Å²) in [6.45, 7) is 1.11. The fourth-order valence-corrected chi connectivity index (χ4v) is 1.26. The van der Waals surface area contributed by atoms with Crippen LogP contribution in [0, 0.1) is 10.1 Å². The minimum Gasteiger partial charge on any atom is -0.392 e. The molecular formula is C8H11N3O5. The van der Waals surface area contributed by atoms with E-state index >= 15 is 0 Å². The van der Waals surface area contributed by atoms with Gasteiger partial charge in [0.15, 0.2) is 0 Å². The number of nitro groups is 1. The number of aliphatic hydroxyl groups is 1. The average Bonchev–Trinajstić information content (AvgIpc) is 2.17. The third-order valence-electron chi connectivity index (χ3n) is 1.96. The second-order valence-electron chi connectivity index (χ2n) is 3.43. The molecule has 0 aliphatic carbocycles. The summed E-state index contributed by atoms with van der Waals surface area (Å²) in [6.07, 6.45) is -0.0733. The van der Waals surface area contributed by atoms with E-state index < -0.39 is 28.0 Å². The van der Waals surface area contributed by atoms with E-state index in [1.807, 2.05) is 0 Å². The Balaban J connectivity index is 3.53. The van der Waals surface area contributed by atoms with Gasteiger partial charge >= 0.3 is 16.9 Å². The van der Waals surface area contributed by atoms with Crippen molar-refractivity contribution in [2.24, 2.45) is 7.05 Å². The second-order valence-corrected chi connectivity index (χ2v) is 3.43. The summed E-state index contributed by atoms with van der Waals surface area (Å²) >= 11 is 0. The molecule has 0 aliphatic rings. The van der Waals surface area contributed by atoms with Crippen LogP contribution in [0.2, 0.25) is 0 Å². The van der Waals surface area contributed by atoms with Gasteiger partial charge in [-0.15, -0.1) is 0 Å². The molecule has 1 heterocycles. The fourth-order valence-electron chi connectivity index (χ4n) is 1.26. The summed E-state index contributed by atoms with van der Waals surface area (Å²) in [6, 6.07) is 0. The molecule has 0 spiro atoms. The lowest BCUT2D eigenvalue weighted by Crippen LogP contribution is -2.41. The Hall–Kier alpha value is -1.96. The number of aromatic nitrogens is 2. The molecule has 0 saturated heterocycles. The van der Waals surface area contributed by atoms with Crippen molar-refractivity contribution in [1.82, 2.24) is 9.13 Å². The van der Waals surface area contributed by atoms with Gasteiger partial charge in [-0.25, -0.2) is 4.79 Å². The zero-order chi connectivity index (χ0) is 12.5. The highest BCUT2D eigenvalue weighted by atomic mass is 16.6. The third kappa shape index (κ3) is 2.16. The van der Waals surface area contributed by atoms with Gasteiger partial charge in [-0.3, -0.25) is 24.0 Å². The average molecular weight is 229 g/mol. The molecule has 0 saturated carbocycles. The van der Waals surface area contributed by atoms with Crippen LogP contribution in [0.3, 0.4) is 0 Å². The summed E-state index contributed by atoms with van der Waals surface area (Å²) in [5.74, 6) is 0. The molecule has 8 nitrogen and oxygen atoms in total. The quantitative estimate of drug-likeness (QED) is 0.519. The Morgan fingerprint density at radius 2 is 2.12 bits per heavy atom. The summed E-state index contributed by atoms with van der Waals surface area (Å²) in [7, 11) is 1.30. The molecular weight excluding hydrogens is 218 g/mol. The fraction of sp³-hybridized carbons (Fsp3) is 0.500. The summed E-state index contributed by atoms with van der Waals surface area (Å²) in [4.78, 5) is 32.7. The first-order chi connectivity index (χ1) is 7.34. The molecule has 1 rings (SSSR count). The molecule has 0 bridgehead atoms. The van der Waals surface area contributed by atoms with Gasteiger partial charge in [-0.2, -0.15) is 0 Å². The monoisotopic (exact) mass is 229 g/mol. The predicted octanol–water partition coefficient (Wildman–Crippen LogP) is -1.16. The zero-order valence-corrected chi connectivity index (χ0v) is 8.78. The molecule has 1 N–H and O–H groups in total. The molecule has 8 heteroatoms. The maximum absolute atomic E-state index is 11.5. The molecule has 16 heavy (non-hydrogen) atoms. The van der Waals surface area contributed by atoms with Gasteiger partial charge in [-0.1, -0.05) is 0 Å². The lowest BCUT2D eigenvalue weighted by Gasteiger charge is -2.08. The first kappa shape index (κ1) is 12.1. The van der Waals surface area contributed by atoms with Crippen LogP contribution in [0.15, 0.2) is 15.8 Å². The Kier molecular flexibility index (Phi) is 3.23. The lowest BCUT2D eigenvalue weighted by molar-refractivity contribution is -0.387. The smallest absolute Gasteiger partial charge is 0.350 e. The van der Waals surface area contributed by atoms with E-state index in [0.717, 1.165) is 10.8 Å². The van der Waals surface area contributed by atoms with Crippen LogP contribution >= 0.6 is 0 Å². The van der Waals surface area contributed by atoms with Gasteiger partial charge in [0.05, 0.1) is 23.8 Å². The van der Waals surface area contributed by atoms with E-state index in [2.05, 4.69) is 0 Å². The van der Waals surface area contributed by atoms with Crippen molar-refractivity contribution >= 4 is 5.69 Å². The van der Waals surface area contributed by atoms with Crippen LogP contribution in [0.4, 0.5) is 5.69 Å². The molecule has 0 aliphatic heterocycles. The molecule has 88 valence electrons. The van der Waals surface area contributed by atoms with Crippen LogP contribution < -0.4 is 11.2 Å². The van der Waals surface area contributed by atoms with Crippen LogP contribution in [0.5, 0.6) is 0 Å². The van der Waals surface area contributed by atoms with E-state index in [-0.39, 0.29) is 6.54 Å². The number of hydrogen-bond acceptors (Lipinski definition) is 5. The van der Waals surface area contributed by atoms with E-state index in [1.54, 1.807) is 0 Å². The highest BCUT2D eigenvalue weighted by molar-refractivity contribution is 5.21. The Labute approximate surface area is 89.5 Å². The molecule has 1 aromatic rings. The summed E-state index contributed by atoms with van der Waals surface area (Å²) in [5, 5.41) is 19.6. The SMILES string of the molecule is CC(O)Cn1c(=O)c([N+](=O)[O-])cn(C)c1=O. The Morgan fingerprint density at radius 3 is 2.56 bits per heavy atom. The van der Waals surface area contributed by atoms with Crippen molar-refractivity contribution in [2.45, 2.75) is 19.6 Å². The highest BCUT2D eigenvalue weighted by Crippen LogP contribution is 1.99. The van der Waals surface area contributed by atoms with Crippen molar-refractivity contribution in [1.29, 1.82) is 0 Å². The largest absolute Gasteiger partial charge is 0.392 e. The van der Waals surface area contributed by atoms with Crippen molar-refractivity contribution < 1.29 is 10.0 Å². The maximum atomic E-state index is 11.5. The van der Waals surface area contributed by atoms with Crippen molar-refractivity contribution in [3.05, 3.63) is 37.1 Å². The highest BCUT2D eigenvalue weighted by Gasteiger charge is 2.19. The van der Waals surface area contributed by atoms with E-state index in [4.69, 9.17) is 5.11 Å². The van der Waals surface area contributed by atoms with Crippen molar-refractivity contribution in [2.75, 3.05) is 0 Å². The normalized spacial score (nSPS) is 12.4. The zero-order valence-electron chi connectivity index (χ0n) is 8.78. The van der Waals surface area contributed by atoms with Gasteiger partial charge in [0, 0.05) is 7.05 Å². The lowest BCUT2D eigenvalue weighted by atomic mass is 10.4. The van der Waals surface area contributed by atoms with E-state index in [0.29, 0.717) is 4.57 Å². The van der Waals surface area contributed by atoms with E-state index in [9.17, 15) is 19.7 Å². The maximum Gasteiger partial charge on any atom is 0.350 e. The molecule has 1 unspecified atom stereocenters. The van der Waals surface area contributed by atoms with Crippen LogP contribution in [0.25, 0.3) is 0 Å². The van der Waals surface area contributed by atoms with Gasteiger partial charge in [0.2, 0.25) is 0 Å². The minimum absolute atomic E-state index is 0.271. The number of nitrogens with zero attached hydrogens (tertiary/aromatic N) is 3. The summed E-state index contributed by atoms with van der Waals surface area (Å²) in [5.41, 5.74) is -2.40. The number of hydrogen-bond donors (Lipinski definition) is 1. The molecule has 1 atom stereocenters. The first-order valence-electron chi connectivity index (χ1n) is 4.47. The molecule has 0 radical (unpaired) electrons. The number of aliphatic hydroxyl groups excluding tert-OH is 1. The van der Waals surface area contributed by atoms with Crippen molar-refractivity contribution in [3.8, 4) is 0 Å². The summed E-state index contributed by atoms with van der Waals surface area (Å²) < 4.78 is 1.57. The minimum atomic E-state index is -1.01. The van der Waals surface area contributed by atoms with E-state index in [1.165, 1.54) is 14.0 Å². The van der Waals surface area contributed by atoms with Gasteiger partial charge in [0.1, 0.15) is 0 Å². The van der Waals surface area contributed by atoms with Gasteiger partial charge in [0.25, 0.3) is 0 Å². The van der Waals surface area contributed by atoms with Crippen molar-refractivity contribution in [3.63, 3.8) is 0 Å². The molecule has 0 fully saturated rings. The van der Waals surface area contributed by atoms with Gasteiger partial charge in [-0.05, 0) is 6.92 Å². The second kappa shape index (κ2) is 4.27. The predicted molar refractivity (Wildman–Crippen MR) is 54.3 cm³/mol. The Morgan fingerprint density at radius 1 is 1.56 bits per heavy atom. The molecule has 0 amide bonds. The number of rotatable bonds is 3. The first-order valence-corrected chi connectivity index (χ1v) is 4.47. The third-order valence-corrected chi connectivity index (χ3v) is 1.96. The van der Waals surface area contributed by atoms with Gasteiger partial charge < -0.3 is 5.11 Å². The standard InChI is InChI=1S/C8H11N3O5/c1-5(12)3-10-7(13)6(11(15)16)4-9(2)8(10)14/h4-5,12H,3H2,1-2H3. The molecule has 0 aromatic carbocycles.